The van der Waals surface area contributed by atoms with Crippen LogP contribution in [-0.4, -0.2) is 20.0 Å². The molecule has 0 atom stereocenters. The van der Waals surface area contributed by atoms with Gasteiger partial charge in [0.15, 0.2) is 0 Å². The van der Waals surface area contributed by atoms with E-state index in [2.05, 4.69) is 106 Å². The summed E-state index contributed by atoms with van der Waals surface area (Å²) < 4.78 is 6.96. The Morgan fingerprint density at radius 3 is 1.79 bits per heavy atom. The van der Waals surface area contributed by atoms with Crippen LogP contribution in [0.2, 0.25) is 5.04 Å². The third kappa shape index (κ3) is 4.27. The van der Waals surface area contributed by atoms with Crippen molar-refractivity contribution < 1.29 is 9.53 Å². The van der Waals surface area contributed by atoms with Crippen molar-refractivity contribution in [2.45, 2.75) is 38.8 Å². The molecule has 146 valence electrons. The standard InChI is InChI=1S/C25H30O2Si/c1-25(2,3)28(23-13-6-4-7-14-23,24-15-8-5-9-16-24)27-20-22-12-10-11-21(19-22)17-18-26/h4-16,19,26H,17-18,20H2,1-3H3. The lowest BCUT2D eigenvalue weighted by Gasteiger charge is -2.43. The number of hydrogen-bond acceptors (Lipinski definition) is 2. The summed E-state index contributed by atoms with van der Waals surface area (Å²) in [6.07, 6.45) is 0.674. The Kier molecular flexibility index (Phi) is 6.50. The zero-order valence-corrected chi connectivity index (χ0v) is 18.1. The normalized spacial score (nSPS) is 12.1. The first-order chi connectivity index (χ1) is 13.5. The lowest BCUT2D eigenvalue weighted by molar-refractivity contribution is 0.285. The molecule has 0 aliphatic rings. The first-order valence-electron chi connectivity index (χ1n) is 9.91. The van der Waals surface area contributed by atoms with Gasteiger partial charge in [0.25, 0.3) is 8.32 Å². The van der Waals surface area contributed by atoms with Crippen molar-refractivity contribution in [2.75, 3.05) is 6.61 Å². The van der Waals surface area contributed by atoms with E-state index < -0.39 is 8.32 Å². The predicted octanol–water partition coefficient (Wildman–Crippen LogP) is 4.30. The molecule has 0 aliphatic carbocycles. The second kappa shape index (κ2) is 8.87. The van der Waals surface area contributed by atoms with Crippen molar-refractivity contribution in [2.24, 2.45) is 0 Å². The van der Waals surface area contributed by atoms with Crippen molar-refractivity contribution in [1.29, 1.82) is 0 Å². The van der Waals surface area contributed by atoms with Gasteiger partial charge in [-0.3, -0.25) is 0 Å². The fourth-order valence-electron chi connectivity index (χ4n) is 3.96. The average molecular weight is 391 g/mol. The molecule has 0 heterocycles. The van der Waals surface area contributed by atoms with Gasteiger partial charge >= 0.3 is 0 Å². The summed E-state index contributed by atoms with van der Waals surface area (Å²) in [6.45, 7) is 7.61. The number of benzene rings is 3. The second-order valence-corrected chi connectivity index (χ2v) is 12.6. The predicted molar refractivity (Wildman–Crippen MR) is 120 cm³/mol. The maximum Gasteiger partial charge on any atom is 0.261 e. The van der Waals surface area contributed by atoms with Crippen molar-refractivity contribution in [3.05, 3.63) is 96.1 Å². The van der Waals surface area contributed by atoms with E-state index >= 15 is 0 Å². The minimum Gasteiger partial charge on any atom is -0.403 e. The molecular weight excluding hydrogens is 360 g/mol. The van der Waals surface area contributed by atoms with E-state index in [9.17, 15) is 5.11 Å². The lowest BCUT2D eigenvalue weighted by Crippen LogP contribution is -2.66. The highest BCUT2D eigenvalue weighted by Crippen LogP contribution is 2.37. The van der Waals surface area contributed by atoms with Gasteiger partial charge in [0.2, 0.25) is 0 Å². The molecule has 0 fully saturated rings. The molecule has 1 N–H and O–H groups in total. The van der Waals surface area contributed by atoms with E-state index in [0.29, 0.717) is 13.0 Å². The van der Waals surface area contributed by atoms with Gasteiger partial charge in [-0.2, -0.15) is 0 Å². The Bertz CT molecular complexity index is 830. The first kappa shape index (κ1) is 20.5. The third-order valence-corrected chi connectivity index (χ3v) is 10.2. The van der Waals surface area contributed by atoms with Crippen LogP contribution >= 0.6 is 0 Å². The van der Waals surface area contributed by atoms with Gasteiger partial charge in [-0.25, -0.2) is 0 Å². The van der Waals surface area contributed by atoms with Crippen LogP contribution in [0.4, 0.5) is 0 Å². The summed E-state index contributed by atoms with van der Waals surface area (Å²) in [6, 6.07) is 29.8. The molecule has 0 bridgehead atoms. The molecule has 0 unspecified atom stereocenters. The Balaban J connectivity index is 2.05. The van der Waals surface area contributed by atoms with E-state index in [1.54, 1.807) is 0 Å². The van der Waals surface area contributed by atoms with Gasteiger partial charge in [-0.15, -0.1) is 0 Å². The zero-order chi connectivity index (χ0) is 20.0. The summed E-state index contributed by atoms with van der Waals surface area (Å²) in [5.74, 6) is 0. The summed E-state index contributed by atoms with van der Waals surface area (Å²) in [5, 5.41) is 11.8. The highest BCUT2D eigenvalue weighted by Gasteiger charge is 2.50. The smallest absolute Gasteiger partial charge is 0.261 e. The molecule has 0 saturated carbocycles. The molecule has 3 aromatic rings. The quantitative estimate of drug-likeness (QED) is 0.610. The summed E-state index contributed by atoms with van der Waals surface area (Å²) >= 11 is 0. The van der Waals surface area contributed by atoms with Crippen LogP contribution in [0.15, 0.2) is 84.9 Å². The number of hydrogen-bond donors (Lipinski definition) is 1. The molecule has 28 heavy (non-hydrogen) atoms. The molecule has 0 radical (unpaired) electrons. The van der Waals surface area contributed by atoms with Crippen LogP contribution in [-0.2, 0) is 17.5 Å². The maximum absolute atomic E-state index is 9.25. The topological polar surface area (TPSA) is 29.5 Å². The third-order valence-electron chi connectivity index (χ3n) is 5.26. The minimum absolute atomic E-state index is 0.0293. The Hall–Kier alpha value is -2.20. The molecule has 0 amide bonds. The summed E-state index contributed by atoms with van der Waals surface area (Å²) in [4.78, 5) is 0. The highest BCUT2D eigenvalue weighted by molar-refractivity contribution is 6.99. The van der Waals surface area contributed by atoms with Crippen molar-refractivity contribution in [3.63, 3.8) is 0 Å². The van der Waals surface area contributed by atoms with Gasteiger partial charge in [-0.1, -0.05) is 106 Å². The van der Waals surface area contributed by atoms with E-state index in [-0.39, 0.29) is 11.6 Å². The first-order valence-corrected chi connectivity index (χ1v) is 11.8. The second-order valence-electron chi connectivity index (χ2n) is 8.25. The lowest BCUT2D eigenvalue weighted by atomic mass is 10.1. The summed E-state index contributed by atoms with van der Waals surface area (Å²) in [7, 11) is -2.52. The van der Waals surface area contributed by atoms with Crippen molar-refractivity contribution in [3.8, 4) is 0 Å². The van der Waals surface area contributed by atoms with Gasteiger partial charge in [0.05, 0.1) is 6.61 Å². The van der Waals surface area contributed by atoms with Crippen LogP contribution in [0.5, 0.6) is 0 Å². The summed E-state index contributed by atoms with van der Waals surface area (Å²) in [5.41, 5.74) is 2.30. The van der Waals surface area contributed by atoms with Crippen molar-refractivity contribution >= 4 is 18.7 Å². The van der Waals surface area contributed by atoms with Gasteiger partial charge in [-0.05, 0) is 33.0 Å². The van der Waals surface area contributed by atoms with Crippen LogP contribution in [0.25, 0.3) is 0 Å². The number of aliphatic hydroxyl groups is 1. The number of rotatable bonds is 7. The monoisotopic (exact) mass is 390 g/mol. The van der Waals surface area contributed by atoms with Gasteiger partial charge in [0.1, 0.15) is 0 Å². The molecule has 0 aliphatic heterocycles. The van der Waals surface area contributed by atoms with Gasteiger partial charge in [0, 0.05) is 6.61 Å². The van der Waals surface area contributed by atoms with E-state index in [1.807, 2.05) is 0 Å². The highest BCUT2D eigenvalue weighted by atomic mass is 28.4. The van der Waals surface area contributed by atoms with Gasteiger partial charge < -0.3 is 9.53 Å². The molecule has 0 spiro atoms. The Morgan fingerprint density at radius 1 is 0.750 bits per heavy atom. The fraction of sp³-hybridized carbons (Fsp3) is 0.280. The number of aliphatic hydroxyl groups excluding tert-OH is 1. The van der Waals surface area contributed by atoms with E-state index in [0.717, 1.165) is 11.1 Å². The van der Waals surface area contributed by atoms with Crippen molar-refractivity contribution in [1.82, 2.24) is 0 Å². The minimum atomic E-state index is -2.52. The maximum atomic E-state index is 9.25. The van der Waals surface area contributed by atoms with Crippen LogP contribution in [0, 0.1) is 0 Å². The molecule has 2 nitrogen and oxygen atoms in total. The molecule has 3 rings (SSSR count). The van der Waals surface area contributed by atoms with Crippen LogP contribution in [0.1, 0.15) is 31.9 Å². The SMILES string of the molecule is CC(C)(C)[Si](OCc1cccc(CCO)c1)(c1ccccc1)c1ccccc1. The fourth-order valence-corrected chi connectivity index (χ4v) is 8.50. The Labute approximate surface area is 170 Å². The van der Waals surface area contributed by atoms with E-state index in [1.165, 1.54) is 10.4 Å². The van der Waals surface area contributed by atoms with Crippen LogP contribution < -0.4 is 10.4 Å². The molecule has 3 heteroatoms. The molecular formula is C25H30O2Si. The van der Waals surface area contributed by atoms with E-state index in [4.69, 9.17) is 4.43 Å². The van der Waals surface area contributed by atoms with Crippen LogP contribution in [0.3, 0.4) is 0 Å². The molecule has 0 aromatic heterocycles. The molecule has 3 aromatic carbocycles. The molecule has 0 saturated heterocycles. The zero-order valence-electron chi connectivity index (χ0n) is 17.1. The Morgan fingerprint density at radius 2 is 1.29 bits per heavy atom. The largest absolute Gasteiger partial charge is 0.403 e. The average Bonchev–Trinajstić information content (AvgIpc) is 2.70.